The Labute approximate surface area is 152 Å². The number of rotatable bonds is 6. The first-order valence-electron chi connectivity index (χ1n) is 8.64. The largest absolute Gasteiger partial charge is 0.467 e. The van der Waals surface area contributed by atoms with E-state index in [-0.39, 0.29) is 11.2 Å². The van der Waals surface area contributed by atoms with Crippen molar-refractivity contribution in [3.05, 3.63) is 24.2 Å². The van der Waals surface area contributed by atoms with Crippen molar-refractivity contribution in [2.45, 2.75) is 43.1 Å². The smallest absolute Gasteiger partial charge is 0.235 e. The van der Waals surface area contributed by atoms with Gasteiger partial charge in [-0.3, -0.25) is 9.36 Å². The zero-order chi connectivity index (χ0) is 17.8. The predicted octanol–water partition coefficient (Wildman–Crippen LogP) is 2.48. The Hall–Kier alpha value is -1.96. The third-order valence-electron chi connectivity index (χ3n) is 4.30. The lowest BCUT2D eigenvalue weighted by Crippen LogP contribution is -2.32. The van der Waals surface area contributed by atoms with Gasteiger partial charge in [-0.2, -0.15) is 0 Å². The Balaban J connectivity index is 1.86. The quantitative estimate of drug-likeness (QED) is 0.735. The van der Waals surface area contributed by atoms with Crippen molar-refractivity contribution in [2.75, 3.05) is 32.1 Å². The van der Waals surface area contributed by atoms with Crippen LogP contribution in [0.3, 0.4) is 0 Å². The molecule has 0 spiro atoms. The number of hydrogen-bond donors (Lipinski definition) is 0. The van der Waals surface area contributed by atoms with Gasteiger partial charge in [-0.25, -0.2) is 0 Å². The highest BCUT2D eigenvalue weighted by atomic mass is 32.2. The van der Waals surface area contributed by atoms with Crippen molar-refractivity contribution in [1.82, 2.24) is 19.7 Å². The monoisotopic (exact) mass is 363 g/mol. The van der Waals surface area contributed by atoms with Gasteiger partial charge in [0, 0.05) is 27.2 Å². The molecule has 2 aromatic rings. The van der Waals surface area contributed by atoms with E-state index in [1.54, 1.807) is 25.3 Å². The second-order valence-corrected chi connectivity index (χ2v) is 7.80. The van der Waals surface area contributed by atoms with Crippen LogP contribution in [0.5, 0.6) is 0 Å². The van der Waals surface area contributed by atoms with Crippen LogP contribution in [0.25, 0.3) is 0 Å². The van der Waals surface area contributed by atoms with Gasteiger partial charge in [-0.15, -0.1) is 10.2 Å². The fraction of sp³-hybridized carbons (Fsp3) is 0.588. The molecule has 2 aromatic heterocycles. The number of thioether (sulfide) groups is 1. The van der Waals surface area contributed by atoms with E-state index in [0.29, 0.717) is 6.54 Å². The van der Waals surface area contributed by atoms with Gasteiger partial charge in [-0.05, 0) is 38.3 Å². The van der Waals surface area contributed by atoms with E-state index in [4.69, 9.17) is 4.42 Å². The molecule has 25 heavy (non-hydrogen) atoms. The Morgan fingerprint density at radius 1 is 1.32 bits per heavy atom. The molecule has 0 radical (unpaired) electrons. The summed E-state index contributed by atoms with van der Waals surface area (Å²) in [7, 11) is 3.54. The summed E-state index contributed by atoms with van der Waals surface area (Å²) in [6.07, 6.45) is 5.28. The first-order chi connectivity index (χ1) is 12.1. The normalized spacial score (nSPS) is 16.0. The van der Waals surface area contributed by atoms with Gasteiger partial charge in [0.15, 0.2) is 5.16 Å². The molecule has 1 aliphatic heterocycles. The number of carbonyl (C=O) groups excluding carboxylic acids is 1. The Kier molecular flexibility index (Phi) is 5.67. The van der Waals surface area contributed by atoms with E-state index >= 15 is 0 Å². The molecule has 1 fully saturated rings. The molecule has 0 aliphatic carbocycles. The minimum Gasteiger partial charge on any atom is -0.467 e. The summed E-state index contributed by atoms with van der Waals surface area (Å²) in [5.74, 6) is 1.78. The topological polar surface area (TPSA) is 67.4 Å². The van der Waals surface area contributed by atoms with Crippen molar-refractivity contribution in [1.29, 1.82) is 0 Å². The third kappa shape index (κ3) is 4.18. The maximum absolute atomic E-state index is 12.2. The van der Waals surface area contributed by atoms with Crippen molar-refractivity contribution in [3.63, 3.8) is 0 Å². The van der Waals surface area contributed by atoms with E-state index in [1.165, 1.54) is 31.0 Å². The molecule has 0 bridgehead atoms. The minimum absolute atomic E-state index is 0.0667. The van der Waals surface area contributed by atoms with Crippen LogP contribution in [0.4, 0.5) is 5.95 Å². The van der Waals surface area contributed by atoms with Crippen LogP contribution < -0.4 is 4.90 Å². The molecule has 0 N–H and O–H groups in total. The molecule has 136 valence electrons. The number of carbonyl (C=O) groups is 1. The summed E-state index contributed by atoms with van der Waals surface area (Å²) in [6.45, 7) is 4.46. The van der Waals surface area contributed by atoms with Gasteiger partial charge in [-0.1, -0.05) is 11.8 Å². The first-order valence-corrected chi connectivity index (χ1v) is 9.52. The molecule has 1 aliphatic rings. The summed E-state index contributed by atoms with van der Waals surface area (Å²) in [4.78, 5) is 16.1. The molecular formula is C17H25N5O2S. The number of nitrogens with zero attached hydrogens (tertiary/aromatic N) is 5. The average Bonchev–Trinajstić information content (AvgIpc) is 3.26. The summed E-state index contributed by atoms with van der Waals surface area (Å²) in [5, 5.41) is 9.34. The van der Waals surface area contributed by atoms with Gasteiger partial charge >= 0.3 is 0 Å². The molecule has 3 rings (SSSR count). The van der Waals surface area contributed by atoms with Crippen LogP contribution in [0.1, 0.15) is 31.9 Å². The molecule has 8 heteroatoms. The molecule has 1 atom stereocenters. The van der Waals surface area contributed by atoms with Gasteiger partial charge in [0.2, 0.25) is 11.9 Å². The molecule has 1 amide bonds. The number of furan rings is 1. The molecule has 0 unspecified atom stereocenters. The fourth-order valence-electron chi connectivity index (χ4n) is 2.96. The summed E-state index contributed by atoms with van der Waals surface area (Å²) in [5.41, 5.74) is 0. The standard InChI is InChI=1S/C17H25N5O2S/c1-13(15(23)20(2)3)25-17-19-18-16(21-9-5-4-6-10-21)22(17)12-14-8-7-11-24-14/h7-8,11,13H,4-6,9-10,12H2,1-3H3/t13-/m0/s1. The van der Waals surface area contributed by atoms with Crippen molar-refractivity contribution >= 4 is 23.6 Å². The zero-order valence-corrected chi connectivity index (χ0v) is 15.8. The van der Waals surface area contributed by atoms with Crippen LogP contribution in [-0.2, 0) is 11.3 Å². The van der Waals surface area contributed by atoms with Crippen LogP contribution in [0.15, 0.2) is 28.0 Å². The van der Waals surface area contributed by atoms with Crippen LogP contribution in [0.2, 0.25) is 0 Å². The summed E-state index contributed by atoms with van der Waals surface area (Å²) >= 11 is 1.44. The van der Waals surface area contributed by atoms with Crippen molar-refractivity contribution in [2.24, 2.45) is 0 Å². The van der Waals surface area contributed by atoms with Crippen LogP contribution in [0, 0.1) is 0 Å². The summed E-state index contributed by atoms with van der Waals surface area (Å²) in [6, 6.07) is 3.83. The number of piperidine rings is 1. The highest BCUT2D eigenvalue weighted by Crippen LogP contribution is 2.28. The molecule has 3 heterocycles. The van der Waals surface area contributed by atoms with Crippen LogP contribution >= 0.6 is 11.8 Å². The highest BCUT2D eigenvalue weighted by molar-refractivity contribution is 8.00. The van der Waals surface area contributed by atoms with E-state index < -0.39 is 0 Å². The maximum atomic E-state index is 12.2. The zero-order valence-electron chi connectivity index (χ0n) is 15.0. The molecular weight excluding hydrogens is 338 g/mol. The van der Waals surface area contributed by atoms with Crippen molar-refractivity contribution < 1.29 is 9.21 Å². The second-order valence-electron chi connectivity index (χ2n) is 6.49. The second kappa shape index (κ2) is 7.95. The molecule has 1 saturated heterocycles. The lowest BCUT2D eigenvalue weighted by Gasteiger charge is -2.27. The minimum atomic E-state index is -0.219. The summed E-state index contributed by atoms with van der Waals surface area (Å²) < 4.78 is 7.58. The van der Waals surface area contributed by atoms with Crippen molar-refractivity contribution in [3.8, 4) is 0 Å². The lowest BCUT2D eigenvalue weighted by atomic mass is 10.1. The molecule has 7 nitrogen and oxygen atoms in total. The van der Waals surface area contributed by atoms with Gasteiger partial charge in [0.25, 0.3) is 0 Å². The highest BCUT2D eigenvalue weighted by Gasteiger charge is 2.24. The van der Waals surface area contributed by atoms with E-state index in [1.807, 2.05) is 19.1 Å². The van der Waals surface area contributed by atoms with Gasteiger partial charge in [0.1, 0.15) is 5.76 Å². The average molecular weight is 363 g/mol. The van der Waals surface area contributed by atoms with Gasteiger partial charge in [0.05, 0.1) is 18.1 Å². The SMILES string of the molecule is C[C@H](Sc1nnc(N2CCCCC2)n1Cc1ccco1)C(=O)N(C)C. The van der Waals surface area contributed by atoms with Gasteiger partial charge < -0.3 is 14.2 Å². The predicted molar refractivity (Wildman–Crippen MR) is 97.9 cm³/mol. The maximum Gasteiger partial charge on any atom is 0.235 e. The third-order valence-corrected chi connectivity index (χ3v) is 5.37. The van der Waals surface area contributed by atoms with Crippen LogP contribution in [-0.4, -0.2) is 58.0 Å². The number of amides is 1. The molecule has 0 aromatic carbocycles. The number of anilines is 1. The van der Waals surface area contributed by atoms with E-state index in [2.05, 4.69) is 19.7 Å². The Bertz CT molecular complexity index is 692. The first kappa shape index (κ1) is 17.8. The van der Waals surface area contributed by atoms with E-state index in [0.717, 1.165) is 30.0 Å². The molecule has 0 saturated carbocycles. The fourth-order valence-corrected chi connectivity index (χ4v) is 3.95. The van der Waals surface area contributed by atoms with E-state index in [9.17, 15) is 4.79 Å². The number of hydrogen-bond acceptors (Lipinski definition) is 6. The Morgan fingerprint density at radius 3 is 2.72 bits per heavy atom. The number of aromatic nitrogens is 3. The Morgan fingerprint density at radius 2 is 2.08 bits per heavy atom. The lowest BCUT2D eigenvalue weighted by molar-refractivity contribution is -0.127.